The zero-order valence-electron chi connectivity index (χ0n) is 16.0. The van der Waals surface area contributed by atoms with Gasteiger partial charge in [0.1, 0.15) is 0 Å². The molecule has 3 aliphatic rings. The molecule has 2 aliphatic heterocycles. The van der Waals surface area contributed by atoms with E-state index in [0.29, 0.717) is 17.4 Å². The average Bonchev–Trinajstić information content (AvgIpc) is 2.98. The number of methoxy groups -OCH3 is 2. The summed E-state index contributed by atoms with van der Waals surface area (Å²) in [5.74, 6) is 0.303. The van der Waals surface area contributed by atoms with Gasteiger partial charge in [-0.1, -0.05) is 6.08 Å². The van der Waals surface area contributed by atoms with E-state index in [2.05, 4.69) is 15.9 Å². The van der Waals surface area contributed by atoms with Crippen molar-refractivity contribution in [3.05, 3.63) is 11.6 Å². The highest BCUT2D eigenvalue weighted by Crippen LogP contribution is 2.43. The zero-order valence-corrected chi connectivity index (χ0v) is 16.0. The summed E-state index contributed by atoms with van der Waals surface area (Å²) < 4.78 is 10.7. The number of allylic oxidation sites excluding steroid dienone is 1. The van der Waals surface area contributed by atoms with Crippen molar-refractivity contribution in [1.29, 1.82) is 0 Å². The molecule has 25 heavy (non-hydrogen) atoms. The number of amides is 1. The molecular weight excluding hydrogens is 316 g/mol. The fraction of sp³-hybridized carbons (Fsp3) is 0.850. The van der Waals surface area contributed by atoms with Gasteiger partial charge in [0.2, 0.25) is 5.91 Å². The molecule has 0 radical (unpaired) electrons. The minimum absolute atomic E-state index is 0.303. The SMILES string of the molecule is COCCN1CC2(CCN(C(=O)C3=CCCCC3)CC2)CC1COC. The Kier molecular flexibility index (Phi) is 6.53. The number of hydrogen-bond acceptors (Lipinski definition) is 4. The van der Waals surface area contributed by atoms with Crippen molar-refractivity contribution in [1.82, 2.24) is 9.80 Å². The predicted molar refractivity (Wildman–Crippen MR) is 98.5 cm³/mol. The van der Waals surface area contributed by atoms with Crippen LogP contribution in [0.15, 0.2) is 11.6 Å². The molecule has 5 heteroatoms. The number of carbonyl (C=O) groups is 1. The van der Waals surface area contributed by atoms with E-state index < -0.39 is 0 Å². The van der Waals surface area contributed by atoms with Crippen LogP contribution in [-0.2, 0) is 14.3 Å². The molecule has 0 saturated carbocycles. The molecule has 142 valence electrons. The molecule has 5 nitrogen and oxygen atoms in total. The molecule has 2 heterocycles. The number of ether oxygens (including phenoxy) is 2. The van der Waals surface area contributed by atoms with Crippen LogP contribution in [0.3, 0.4) is 0 Å². The number of likely N-dealkylation sites (tertiary alicyclic amines) is 2. The lowest BCUT2D eigenvalue weighted by Crippen LogP contribution is -2.45. The Labute approximate surface area is 152 Å². The topological polar surface area (TPSA) is 42.0 Å². The molecule has 2 fully saturated rings. The van der Waals surface area contributed by atoms with E-state index in [1.54, 1.807) is 14.2 Å². The summed E-state index contributed by atoms with van der Waals surface area (Å²) in [6.45, 7) is 5.48. The maximum absolute atomic E-state index is 12.7. The van der Waals surface area contributed by atoms with Crippen LogP contribution in [0.4, 0.5) is 0 Å². The first-order valence-electron chi connectivity index (χ1n) is 9.88. The first-order valence-corrected chi connectivity index (χ1v) is 9.88. The summed E-state index contributed by atoms with van der Waals surface area (Å²) in [5.41, 5.74) is 1.42. The van der Waals surface area contributed by atoms with E-state index >= 15 is 0 Å². The Hall–Kier alpha value is -0.910. The minimum Gasteiger partial charge on any atom is -0.383 e. The van der Waals surface area contributed by atoms with Crippen molar-refractivity contribution in [2.75, 3.05) is 53.6 Å². The second-order valence-electron chi connectivity index (χ2n) is 8.04. The van der Waals surface area contributed by atoms with Crippen molar-refractivity contribution in [3.63, 3.8) is 0 Å². The first-order chi connectivity index (χ1) is 12.2. The maximum Gasteiger partial charge on any atom is 0.249 e. The summed E-state index contributed by atoms with van der Waals surface area (Å²) >= 11 is 0. The van der Waals surface area contributed by atoms with Gasteiger partial charge < -0.3 is 14.4 Å². The molecule has 1 atom stereocenters. The molecule has 1 amide bonds. The lowest BCUT2D eigenvalue weighted by atomic mass is 9.76. The van der Waals surface area contributed by atoms with E-state index in [4.69, 9.17) is 9.47 Å². The van der Waals surface area contributed by atoms with Gasteiger partial charge in [-0.05, 0) is 50.4 Å². The van der Waals surface area contributed by atoms with Gasteiger partial charge in [-0.2, -0.15) is 0 Å². The van der Waals surface area contributed by atoms with E-state index in [1.165, 1.54) is 19.3 Å². The van der Waals surface area contributed by atoms with Crippen LogP contribution in [0.5, 0.6) is 0 Å². The quantitative estimate of drug-likeness (QED) is 0.738. The van der Waals surface area contributed by atoms with Crippen molar-refractivity contribution in [3.8, 4) is 0 Å². The second-order valence-corrected chi connectivity index (χ2v) is 8.04. The van der Waals surface area contributed by atoms with Gasteiger partial charge in [0, 0.05) is 52.0 Å². The van der Waals surface area contributed by atoms with Gasteiger partial charge in [0.05, 0.1) is 13.2 Å². The smallest absolute Gasteiger partial charge is 0.249 e. The van der Waals surface area contributed by atoms with E-state index in [1.807, 2.05) is 0 Å². The van der Waals surface area contributed by atoms with Gasteiger partial charge in [-0.15, -0.1) is 0 Å². The molecule has 1 unspecified atom stereocenters. The van der Waals surface area contributed by atoms with Crippen LogP contribution >= 0.6 is 0 Å². The number of nitrogens with zero attached hydrogens (tertiary/aromatic N) is 2. The second kappa shape index (κ2) is 8.65. The molecule has 3 rings (SSSR count). The largest absolute Gasteiger partial charge is 0.383 e. The van der Waals surface area contributed by atoms with Crippen LogP contribution in [0.1, 0.15) is 44.9 Å². The third kappa shape index (κ3) is 4.44. The Morgan fingerprint density at radius 3 is 2.68 bits per heavy atom. The van der Waals surface area contributed by atoms with Crippen LogP contribution in [0, 0.1) is 5.41 Å². The molecule has 1 aliphatic carbocycles. The number of rotatable bonds is 6. The van der Waals surface area contributed by atoms with Crippen molar-refractivity contribution < 1.29 is 14.3 Å². The summed E-state index contributed by atoms with van der Waals surface area (Å²) in [6.07, 6.45) is 10.1. The minimum atomic E-state index is 0.303. The third-order valence-electron chi connectivity index (χ3n) is 6.34. The molecule has 1 spiro atoms. The molecule has 0 aromatic carbocycles. The number of carbonyl (C=O) groups excluding carboxylic acids is 1. The van der Waals surface area contributed by atoms with Crippen LogP contribution in [-0.4, -0.2) is 75.4 Å². The Balaban J connectivity index is 1.57. The lowest BCUT2D eigenvalue weighted by Gasteiger charge is -2.40. The summed E-state index contributed by atoms with van der Waals surface area (Å²) in [4.78, 5) is 17.4. The Morgan fingerprint density at radius 1 is 1.24 bits per heavy atom. The highest BCUT2D eigenvalue weighted by Gasteiger charge is 2.45. The zero-order chi connectivity index (χ0) is 17.7. The van der Waals surface area contributed by atoms with Gasteiger partial charge in [-0.3, -0.25) is 9.69 Å². The number of piperidine rings is 1. The van der Waals surface area contributed by atoms with Gasteiger partial charge in [0.25, 0.3) is 0 Å². The van der Waals surface area contributed by atoms with Crippen LogP contribution in [0.2, 0.25) is 0 Å². The maximum atomic E-state index is 12.7. The van der Waals surface area contributed by atoms with Gasteiger partial charge in [0.15, 0.2) is 0 Å². The summed E-state index contributed by atoms with van der Waals surface area (Å²) in [5, 5.41) is 0. The lowest BCUT2D eigenvalue weighted by molar-refractivity contribution is -0.129. The van der Waals surface area contributed by atoms with Crippen molar-refractivity contribution in [2.24, 2.45) is 5.41 Å². The number of hydrogen-bond donors (Lipinski definition) is 0. The fourth-order valence-electron chi connectivity index (χ4n) is 4.86. The van der Waals surface area contributed by atoms with Crippen LogP contribution < -0.4 is 0 Å². The standard InChI is InChI=1S/C20H34N2O3/c1-24-13-12-22-16-20(14-18(22)15-25-2)8-10-21(11-9-20)19(23)17-6-4-3-5-7-17/h6,18H,3-5,7-16H2,1-2H3. The first kappa shape index (κ1) is 18.9. The average molecular weight is 351 g/mol. The van der Waals surface area contributed by atoms with Gasteiger partial charge >= 0.3 is 0 Å². The Bertz CT molecular complexity index is 483. The van der Waals surface area contributed by atoms with E-state index in [9.17, 15) is 4.79 Å². The highest BCUT2D eigenvalue weighted by molar-refractivity contribution is 5.93. The molecule has 0 aromatic heterocycles. The highest BCUT2D eigenvalue weighted by atomic mass is 16.5. The molecular formula is C20H34N2O3. The van der Waals surface area contributed by atoms with E-state index in [-0.39, 0.29) is 0 Å². The molecule has 0 bridgehead atoms. The third-order valence-corrected chi connectivity index (χ3v) is 6.34. The predicted octanol–water partition coefficient (Wildman–Crippen LogP) is 2.46. The molecule has 0 N–H and O–H groups in total. The summed E-state index contributed by atoms with van der Waals surface area (Å²) in [7, 11) is 3.56. The normalized spacial score (nSPS) is 26.9. The molecule has 2 saturated heterocycles. The van der Waals surface area contributed by atoms with Crippen molar-refractivity contribution in [2.45, 2.75) is 51.0 Å². The summed E-state index contributed by atoms with van der Waals surface area (Å²) in [6, 6.07) is 0.489. The van der Waals surface area contributed by atoms with Crippen LogP contribution in [0.25, 0.3) is 0 Å². The van der Waals surface area contributed by atoms with E-state index in [0.717, 1.165) is 70.6 Å². The van der Waals surface area contributed by atoms with Gasteiger partial charge in [-0.25, -0.2) is 0 Å². The Morgan fingerprint density at radius 2 is 2.04 bits per heavy atom. The molecule has 0 aromatic rings. The monoisotopic (exact) mass is 350 g/mol. The van der Waals surface area contributed by atoms with Crippen molar-refractivity contribution >= 4 is 5.91 Å². The fourth-order valence-corrected chi connectivity index (χ4v) is 4.86.